The third-order valence-electron chi connectivity index (χ3n) is 5.86. The van der Waals surface area contributed by atoms with Crippen LogP contribution < -0.4 is 20.4 Å². The molecule has 0 unspecified atom stereocenters. The van der Waals surface area contributed by atoms with Crippen molar-refractivity contribution in [2.45, 2.75) is 26.3 Å². The van der Waals surface area contributed by atoms with E-state index < -0.39 is 0 Å². The maximum Gasteiger partial charge on any atom is 0.279 e. The van der Waals surface area contributed by atoms with Crippen LogP contribution >= 0.6 is 0 Å². The number of halogens is 1. The number of hydrogen-bond acceptors (Lipinski definition) is 2. The van der Waals surface area contributed by atoms with Crippen molar-refractivity contribution in [3.63, 3.8) is 0 Å². The SMILES string of the molecule is CCc1ccc([C@@H](C)NC(=O)C[NH+]2CC[NH+](CC(=O)Nc3cccc(F)c3)CC2)cc1. The average Bonchev–Trinajstić information content (AvgIpc) is 2.75. The highest BCUT2D eigenvalue weighted by Gasteiger charge is 2.26. The van der Waals surface area contributed by atoms with E-state index in [0.29, 0.717) is 18.8 Å². The van der Waals surface area contributed by atoms with Gasteiger partial charge in [0.25, 0.3) is 11.8 Å². The van der Waals surface area contributed by atoms with Crippen LogP contribution in [0.2, 0.25) is 0 Å². The van der Waals surface area contributed by atoms with Gasteiger partial charge >= 0.3 is 0 Å². The predicted octanol–water partition coefficient (Wildman–Crippen LogP) is -0.0126. The fourth-order valence-corrected chi connectivity index (χ4v) is 3.95. The van der Waals surface area contributed by atoms with E-state index in [4.69, 9.17) is 0 Å². The lowest BCUT2D eigenvalue weighted by Crippen LogP contribution is -3.28. The minimum Gasteiger partial charge on any atom is -0.345 e. The number of nitrogens with one attached hydrogen (secondary N) is 4. The first kappa shape index (κ1) is 22.9. The monoisotopic (exact) mass is 428 g/mol. The van der Waals surface area contributed by atoms with Gasteiger partial charge in [0.05, 0.1) is 6.04 Å². The standard InChI is InChI=1S/C24H31FN4O2/c1-3-19-7-9-20(10-8-19)18(2)26-23(30)16-28-11-13-29(14-12-28)17-24(31)27-22-6-4-5-21(25)15-22/h4-10,15,18H,3,11-14,16-17H2,1-2H3,(H,26,30)(H,27,31)/p+2/t18-/m1/s1. The largest absolute Gasteiger partial charge is 0.345 e. The summed E-state index contributed by atoms with van der Waals surface area (Å²) in [6, 6.07) is 14.3. The first-order valence-electron chi connectivity index (χ1n) is 11.0. The van der Waals surface area contributed by atoms with Crippen LogP contribution in [0.3, 0.4) is 0 Å². The molecule has 6 nitrogen and oxygen atoms in total. The molecule has 2 amide bonds. The first-order chi connectivity index (χ1) is 14.9. The summed E-state index contributed by atoms with van der Waals surface area (Å²) >= 11 is 0. The van der Waals surface area contributed by atoms with Crippen LogP contribution in [0, 0.1) is 5.82 Å². The third-order valence-corrected chi connectivity index (χ3v) is 5.86. The van der Waals surface area contributed by atoms with Gasteiger partial charge in [-0.05, 0) is 42.7 Å². The minimum atomic E-state index is -0.368. The molecule has 0 saturated carbocycles. The number of piperazine rings is 1. The Labute approximate surface area is 183 Å². The molecule has 2 aromatic rings. The molecule has 0 radical (unpaired) electrons. The molecule has 0 spiro atoms. The quantitative estimate of drug-likeness (QED) is 0.478. The summed E-state index contributed by atoms with van der Waals surface area (Å²) in [5.41, 5.74) is 2.87. The van der Waals surface area contributed by atoms with Crippen LogP contribution in [0.4, 0.5) is 10.1 Å². The van der Waals surface area contributed by atoms with E-state index in [1.807, 2.05) is 6.92 Å². The van der Waals surface area contributed by atoms with E-state index in [-0.39, 0.29) is 23.7 Å². The van der Waals surface area contributed by atoms with Crippen molar-refractivity contribution < 1.29 is 23.8 Å². The van der Waals surface area contributed by atoms with Gasteiger partial charge in [-0.3, -0.25) is 9.59 Å². The van der Waals surface area contributed by atoms with Crippen LogP contribution in [-0.2, 0) is 16.0 Å². The van der Waals surface area contributed by atoms with Crippen LogP contribution in [0.15, 0.2) is 48.5 Å². The van der Waals surface area contributed by atoms with E-state index in [1.165, 1.54) is 27.5 Å². The van der Waals surface area contributed by atoms with Gasteiger partial charge in [-0.15, -0.1) is 0 Å². The first-order valence-corrected chi connectivity index (χ1v) is 11.0. The van der Waals surface area contributed by atoms with Crippen LogP contribution in [0.25, 0.3) is 0 Å². The molecule has 1 fully saturated rings. The fraction of sp³-hybridized carbons (Fsp3) is 0.417. The molecule has 0 aliphatic carbocycles. The predicted molar refractivity (Wildman–Crippen MR) is 119 cm³/mol. The highest BCUT2D eigenvalue weighted by Crippen LogP contribution is 2.13. The lowest BCUT2D eigenvalue weighted by molar-refractivity contribution is -1.00. The van der Waals surface area contributed by atoms with Crippen LogP contribution in [-0.4, -0.2) is 51.1 Å². The van der Waals surface area contributed by atoms with Gasteiger partial charge in [-0.1, -0.05) is 37.3 Å². The molecule has 1 saturated heterocycles. The average molecular weight is 429 g/mol. The Morgan fingerprint density at radius 3 is 2.16 bits per heavy atom. The Bertz CT molecular complexity index is 879. The molecule has 4 N–H and O–H groups in total. The van der Waals surface area contributed by atoms with Crippen molar-refractivity contribution >= 4 is 17.5 Å². The zero-order valence-electron chi connectivity index (χ0n) is 18.3. The Kier molecular flexibility index (Phi) is 8.14. The van der Waals surface area contributed by atoms with Gasteiger partial charge in [0, 0.05) is 5.69 Å². The molecule has 1 aliphatic heterocycles. The number of benzene rings is 2. The summed E-state index contributed by atoms with van der Waals surface area (Å²) < 4.78 is 13.2. The van der Waals surface area contributed by atoms with Gasteiger partial charge in [0.15, 0.2) is 13.1 Å². The summed E-state index contributed by atoms with van der Waals surface area (Å²) in [4.78, 5) is 27.1. The van der Waals surface area contributed by atoms with Gasteiger partial charge in [-0.2, -0.15) is 0 Å². The molecular formula is C24H33FN4O2+2. The molecule has 1 atom stereocenters. The molecule has 1 heterocycles. The van der Waals surface area contributed by atoms with E-state index >= 15 is 0 Å². The van der Waals surface area contributed by atoms with Gasteiger partial charge in [0.1, 0.15) is 32.0 Å². The molecular weight excluding hydrogens is 395 g/mol. The van der Waals surface area contributed by atoms with E-state index in [1.54, 1.807) is 12.1 Å². The van der Waals surface area contributed by atoms with Gasteiger partial charge in [-0.25, -0.2) is 4.39 Å². The summed E-state index contributed by atoms with van der Waals surface area (Å²) in [5.74, 6) is -0.438. The van der Waals surface area contributed by atoms with Crippen molar-refractivity contribution in [3.05, 3.63) is 65.5 Å². The lowest BCUT2D eigenvalue weighted by Gasteiger charge is -2.29. The highest BCUT2D eigenvalue weighted by molar-refractivity contribution is 5.91. The molecule has 7 heteroatoms. The normalized spacial score (nSPS) is 19.5. The number of quaternary nitrogens is 2. The number of hydrogen-bond donors (Lipinski definition) is 4. The fourth-order valence-electron chi connectivity index (χ4n) is 3.95. The van der Waals surface area contributed by atoms with Crippen molar-refractivity contribution in [3.8, 4) is 0 Å². The van der Waals surface area contributed by atoms with Crippen molar-refractivity contribution in [1.82, 2.24) is 5.32 Å². The summed E-state index contributed by atoms with van der Waals surface area (Å²) in [6.07, 6.45) is 1.00. The summed E-state index contributed by atoms with van der Waals surface area (Å²) in [6.45, 7) is 8.27. The second kappa shape index (κ2) is 11.0. The van der Waals surface area contributed by atoms with E-state index in [2.05, 4.69) is 41.8 Å². The molecule has 2 aromatic carbocycles. The molecule has 3 rings (SSSR count). The van der Waals surface area contributed by atoms with Crippen LogP contribution in [0.1, 0.15) is 31.0 Å². The molecule has 0 bridgehead atoms. The zero-order chi connectivity index (χ0) is 22.2. The number of aryl methyl sites for hydroxylation is 1. The number of carbonyl (C=O) groups is 2. The Morgan fingerprint density at radius 2 is 1.58 bits per heavy atom. The second-order valence-electron chi connectivity index (χ2n) is 8.30. The maximum absolute atomic E-state index is 13.2. The molecule has 31 heavy (non-hydrogen) atoms. The van der Waals surface area contributed by atoms with Gasteiger partial charge < -0.3 is 20.4 Å². The number of anilines is 1. The van der Waals surface area contributed by atoms with Crippen molar-refractivity contribution in [1.29, 1.82) is 0 Å². The van der Waals surface area contributed by atoms with Crippen molar-refractivity contribution in [2.24, 2.45) is 0 Å². The smallest absolute Gasteiger partial charge is 0.279 e. The van der Waals surface area contributed by atoms with E-state index in [0.717, 1.165) is 38.2 Å². The highest BCUT2D eigenvalue weighted by atomic mass is 19.1. The van der Waals surface area contributed by atoms with Crippen LogP contribution in [0.5, 0.6) is 0 Å². The van der Waals surface area contributed by atoms with Gasteiger partial charge in [0.2, 0.25) is 0 Å². The van der Waals surface area contributed by atoms with E-state index in [9.17, 15) is 14.0 Å². The maximum atomic E-state index is 13.2. The molecule has 0 aromatic heterocycles. The third kappa shape index (κ3) is 7.15. The second-order valence-corrected chi connectivity index (χ2v) is 8.30. The number of amides is 2. The number of carbonyl (C=O) groups excluding carboxylic acids is 2. The Balaban J connectivity index is 1.38. The Hall–Kier alpha value is -2.77. The lowest BCUT2D eigenvalue weighted by atomic mass is 10.1. The minimum absolute atomic E-state index is 0.0174. The van der Waals surface area contributed by atoms with Crippen molar-refractivity contribution in [2.75, 3.05) is 44.6 Å². The molecule has 1 aliphatic rings. The topological polar surface area (TPSA) is 67.1 Å². The summed E-state index contributed by atoms with van der Waals surface area (Å²) in [7, 11) is 0. The number of rotatable bonds is 8. The summed E-state index contributed by atoms with van der Waals surface area (Å²) in [5, 5.41) is 5.84. The zero-order valence-corrected chi connectivity index (χ0v) is 18.3. The molecule has 166 valence electrons. The Morgan fingerprint density at radius 1 is 0.968 bits per heavy atom.